The second-order valence-electron chi connectivity index (χ2n) is 9.69. The summed E-state index contributed by atoms with van der Waals surface area (Å²) in [6, 6.07) is 9.76. The zero-order valence-electron chi connectivity index (χ0n) is 19.9. The van der Waals surface area contributed by atoms with Crippen LogP contribution in [-0.2, 0) is 22.5 Å². The van der Waals surface area contributed by atoms with Gasteiger partial charge in [-0.3, -0.25) is 9.80 Å². The van der Waals surface area contributed by atoms with Crippen LogP contribution in [-0.4, -0.2) is 58.4 Å². The molecule has 4 rings (SSSR count). The molecule has 2 aliphatic rings. The van der Waals surface area contributed by atoms with Crippen molar-refractivity contribution >= 4 is 24.0 Å². The molecule has 1 aromatic carbocycles. The van der Waals surface area contributed by atoms with Crippen molar-refractivity contribution in [3.63, 3.8) is 0 Å². The van der Waals surface area contributed by atoms with Gasteiger partial charge in [0.1, 0.15) is 17.2 Å². The summed E-state index contributed by atoms with van der Waals surface area (Å²) in [6.45, 7) is 8.64. The Morgan fingerprint density at radius 3 is 2.82 bits per heavy atom. The van der Waals surface area contributed by atoms with Gasteiger partial charge in [0, 0.05) is 38.3 Å². The predicted octanol–water partition coefficient (Wildman–Crippen LogP) is 4.13. The van der Waals surface area contributed by atoms with E-state index < -0.39 is 17.7 Å². The SMILES string of the molecule is CC(C)(C)OC(=O)N(c1ccc(/C=C/C(=O)O)cn1)[C@@H]1CCN(Cc2ccc3c(c2)CCO3)C1. The highest BCUT2D eigenvalue weighted by molar-refractivity contribution is 5.88. The first-order chi connectivity index (χ1) is 16.2. The number of carboxylic acid groups (broad SMARTS) is 1. The molecule has 2 aromatic rings. The van der Waals surface area contributed by atoms with Crippen LogP contribution in [0.15, 0.2) is 42.6 Å². The predicted molar refractivity (Wildman–Crippen MR) is 129 cm³/mol. The molecular weight excluding hydrogens is 434 g/mol. The topological polar surface area (TPSA) is 92.2 Å². The minimum Gasteiger partial charge on any atom is -0.493 e. The van der Waals surface area contributed by atoms with E-state index in [4.69, 9.17) is 14.6 Å². The molecule has 180 valence electrons. The molecule has 0 radical (unpaired) electrons. The molecule has 0 aliphatic carbocycles. The van der Waals surface area contributed by atoms with Gasteiger partial charge in [-0.1, -0.05) is 12.1 Å². The average molecular weight is 466 g/mol. The maximum Gasteiger partial charge on any atom is 0.416 e. The summed E-state index contributed by atoms with van der Waals surface area (Å²) in [6.07, 6.45) is 5.40. The second kappa shape index (κ2) is 9.85. The summed E-state index contributed by atoms with van der Waals surface area (Å²) >= 11 is 0. The Labute approximate surface area is 199 Å². The number of pyridine rings is 1. The lowest BCUT2D eigenvalue weighted by Gasteiger charge is -2.31. The summed E-state index contributed by atoms with van der Waals surface area (Å²) in [5.41, 5.74) is 2.50. The number of fused-ring (bicyclic) bond motifs is 1. The highest BCUT2D eigenvalue weighted by Gasteiger charge is 2.35. The Kier molecular flexibility index (Phi) is 6.88. The lowest BCUT2D eigenvalue weighted by Crippen LogP contribution is -2.45. The van der Waals surface area contributed by atoms with Crippen molar-refractivity contribution in [2.45, 2.75) is 51.8 Å². The number of carbonyl (C=O) groups excluding carboxylic acids is 1. The third kappa shape index (κ3) is 5.94. The number of rotatable bonds is 6. The van der Waals surface area contributed by atoms with Gasteiger partial charge in [0.15, 0.2) is 0 Å². The van der Waals surface area contributed by atoms with Crippen LogP contribution >= 0.6 is 0 Å². The summed E-state index contributed by atoms with van der Waals surface area (Å²) in [5, 5.41) is 8.83. The van der Waals surface area contributed by atoms with Crippen molar-refractivity contribution in [1.82, 2.24) is 9.88 Å². The number of carboxylic acids is 1. The van der Waals surface area contributed by atoms with E-state index in [9.17, 15) is 9.59 Å². The summed E-state index contributed by atoms with van der Waals surface area (Å²) in [7, 11) is 0. The molecule has 3 heterocycles. The van der Waals surface area contributed by atoms with Crippen LogP contribution < -0.4 is 9.64 Å². The van der Waals surface area contributed by atoms with E-state index in [2.05, 4.69) is 22.0 Å². The van der Waals surface area contributed by atoms with Gasteiger partial charge in [0.05, 0.1) is 12.6 Å². The van der Waals surface area contributed by atoms with E-state index in [0.717, 1.165) is 44.4 Å². The monoisotopic (exact) mass is 465 g/mol. The number of aromatic nitrogens is 1. The third-order valence-electron chi connectivity index (χ3n) is 5.80. The first-order valence-corrected chi connectivity index (χ1v) is 11.5. The summed E-state index contributed by atoms with van der Waals surface area (Å²) < 4.78 is 11.3. The third-order valence-corrected chi connectivity index (χ3v) is 5.80. The fourth-order valence-electron chi connectivity index (χ4n) is 4.31. The van der Waals surface area contributed by atoms with Gasteiger partial charge in [-0.2, -0.15) is 0 Å². The smallest absolute Gasteiger partial charge is 0.416 e. The number of ether oxygens (including phenoxy) is 2. The first kappa shape index (κ1) is 23.8. The highest BCUT2D eigenvalue weighted by Crippen LogP contribution is 2.29. The van der Waals surface area contributed by atoms with Crippen molar-refractivity contribution in [2.75, 3.05) is 24.6 Å². The van der Waals surface area contributed by atoms with Crippen LogP contribution in [0.3, 0.4) is 0 Å². The highest BCUT2D eigenvalue weighted by atomic mass is 16.6. The molecule has 0 unspecified atom stereocenters. The van der Waals surface area contributed by atoms with Crippen LogP contribution in [0.5, 0.6) is 5.75 Å². The number of aliphatic carboxylic acids is 1. The molecule has 1 aromatic heterocycles. The Morgan fingerprint density at radius 2 is 2.12 bits per heavy atom. The number of hydrogen-bond donors (Lipinski definition) is 1. The summed E-state index contributed by atoms with van der Waals surface area (Å²) in [4.78, 5) is 32.4. The number of anilines is 1. The lowest BCUT2D eigenvalue weighted by molar-refractivity contribution is -0.131. The van der Waals surface area contributed by atoms with Crippen LogP contribution in [0.2, 0.25) is 0 Å². The van der Waals surface area contributed by atoms with Gasteiger partial charge in [-0.15, -0.1) is 0 Å². The Morgan fingerprint density at radius 1 is 1.29 bits per heavy atom. The van der Waals surface area contributed by atoms with E-state index in [1.807, 2.05) is 26.8 Å². The first-order valence-electron chi connectivity index (χ1n) is 11.5. The summed E-state index contributed by atoms with van der Waals surface area (Å²) in [5.74, 6) is 0.441. The zero-order valence-corrected chi connectivity index (χ0v) is 19.9. The van der Waals surface area contributed by atoms with Gasteiger partial charge in [-0.05, 0) is 68.2 Å². The number of carbonyl (C=O) groups is 2. The second-order valence-corrected chi connectivity index (χ2v) is 9.69. The number of amides is 1. The average Bonchev–Trinajstić information content (AvgIpc) is 3.41. The molecule has 34 heavy (non-hydrogen) atoms. The Hall–Kier alpha value is -3.39. The van der Waals surface area contributed by atoms with Gasteiger partial charge >= 0.3 is 12.1 Å². The van der Waals surface area contributed by atoms with E-state index in [1.54, 1.807) is 23.2 Å². The molecule has 0 spiro atoms. The quantitative estimate of drug-likeness (QED) is 0.641. The normalized spacial score (nSPS) is 18.0. The molecule has 1 fully saturated rings. The lowest BCUT2D eigenvalue weighted by atomic mass is 10.1. The van der Waals surface area contributed by atoms with Crippen LogP contribution in [0, 0.1) is 0 Å². The van der Waals surface area contributed by atoms with E-state index in [0.29, 0.717) is 17.9 Å². The standard InChI is InChI=1S/C26H31N3O5/c1-26(2,3)34-25(32)29(23-8-5-18(15-27-23)6-9-24(30)31)21-10-12-28(17-21)16-19-4-7-22-20(14-19)11-13-33-22/h4-9,14-15,21H,10-13,16-17H2,1-3H3,(H,30,31)/b9-6+/t21-/m1/s1. The zero-order chi connectivity index (χ0) is 24.3. The fraction of sp³-hybridized carbons (Fsp3) is 0.423. The molecule has 8 heteroatoms. The molecule has 1 amide bonds. The molecule has 0 saturated carbocycles. The molecule has 1 N–H and O–H groups in total. The van der Waals surface area contributed by atoms with E-state index in [-0.39, 0.29) is 6.04 Å². The van der Waals surface area contributed by atoms with Crippen LogP contribution in [0.4, 0.5) is 10.6 Å². The molecule has 8 nitrogen and oxygen atoms in total. The van der Waals surface area contributed by atoms with Gasteiger partial charge in [0.2, 0.25) is 0 Å². The molecule has 0 bridgehead atoms. The number of benzene rings is 1. The molecule has 1 saturated heterocycles. The maximum atomic E-state index is 13.2. The minimum absolute atomic E-state index is 0.0828. The Bertz CT molecular complexity index is 1070. The Balaban J connectivity index is 1.50. The van der Waals surface area contributed by atoms with Crippen LogP contribution in [0.1, 0.15) is 43.9 Å². The molecule has 2 aliphatic heterocycles. The fourth-order valence-corrected chi connectivity index (χ4v) is 4.31. The largest absolute Gasteiger partial charge is 0.493 e. The number of nitrogens with zero attached hydrogens (tertiary/aromatic N) is 3. The molecule has 1 atom stereocenters. The number of hydrogen-bond acceptors (Lipinski definition) is 6. The van der Waals surface area contributed by atoms with Crippen molar-refractivity contribution in [1.29, 1.82) is 0 Å². The van der Waals surface area contributed by atoms with Gasteiger partial charge in [-0.25, -0.2) is 14.6 Å². The van der Waals surface area contributed by atoms with E-state index >= 15 is 0 Å². The van der Waals surface area contributed by atoms with Crippen molar-refractivity contribution in [3.8, 4) is 5.75 Å². The van der Waals surface area contributed by atoms with E-state index in [1.165, 1.54) is 17.2 Å². The van der Waals surface area contributed by atoms with Gasteiger partial charge < -0.3 is 14.6 Å². The maximum absolute atomic E-state index is 13.2. The van der Waals surface area contributed by atoms with Crippen molar-refractivity contribution in [3.05, 3.63) is 59.3 Å². The number of likely N-dealkylation sites (tertiary alicyclic amines) is 1. The minimum atomic E-state index is -1.03. The molecular formula is C26H31N3O5. The van der Waals surface area contributed by atoms with Crippen molar-refractivity contribution in [2.24, 2.45) is 0 Å². The van der Waals surface area contributed by atoms with Gasteiger partial charge in [0.25, 0.3) is 0 Å². The van der Waals surface area contributed by atoms with Crippen LogP contribution in [0.25, 0.3) is 6.08 Å². The van der Waals surface area contributed by atoms with Crippen molar-refractivity contribution < 1.29 is 24.2 Å².